The molecular formula is C14H28IN3O. The zero-order valence-corrected chi connectivity index (χ0v) is 14.3. The molecule has 5 heteroatoms. The highest BCUT2D eigenvalue weighted by Gasteiger charge is 2.12. The number of rotatable bonds is 7. The third-order valence-electron chi connectivity index (χ3n) is 3.16. The maximum atomic E-state index is 5.86. The first-order valence-corrected chi connectivity index (χ1v) is 7.04. The Labute approximate surface area is 134 Å². The Morgan fingerprint density at radius 1 is 1.32 bits per heavy atom. The summed E-state index contributed by atoms with van der Waals surface area (Å²) in [7, 11) is 1.77. The van der Waals surface area contributed by atoms with E-state index in [9.17, 15) is 0 Å². The predicted molar refractivity (Wildman–Crippen MR) is 92.4 cm³/mol. The first kappa shape index (κ1) is 18.7. The fourth-order valence-electron chi connectivity index (χ4n) is 2.15. The van der Waals surface area contributed by atoms with E-state index in [0.29, 0.717) is 6.10 Å². The van der Waals surface area contributed by atoms with E-state index in [1.807, 2.05) is 6.08 Å². The second-order valence-electron chi connectivity index (χ2n) is 4.65. The Morgan fingerprint density at radius 2 is 2.05 bits per heavy atom. The van der Waals surface area contributed by atoms with Gasteiger partial charge in [-0.2, -0.15) is 0 Å². The molecule has 112 valence electrons. The first-order chi connectivity index (χ1) is 8.86. The van der Waals surface area contributed by atoms with Crippen LogP contribution in [0.2, 0.25) is 0 Å². The summed E-state index contributed by atoms with van der Waals surface area (Å²) in [4.78, 5) is 4.12. The van der Waals surface area contributed by atoms with Crippen LogP contribution in [0, 0.1) is 0 Å². The van der Waals surface area contributed by atoms with Crippen LogP contribution in [0.15, 0.2) is 17.6 Å². The summed E-state index contributed by atoms with van der Waals surface area (Å²) in [6, 6.07) is 0. The molecule has 1 rings (SSSR count). The van der Waals surface area contributed by atoms with E-state index in [0.717, 1.165) is 32.1 Å². The van der Waals surface area contributed by atoms with Crippen LogP contribution in [0.25, 0.3) is 0 Å². The van der Waals surface area contributed by atoms with Crippen LogP contribution in [0.5, 0.6) is 0 Å². The number of nitrogens with one attached hydrogen (secondary N) is 2. The van der Waals surface area contributed by atoms with E-state index in [1.165, 1.54) is 32.1 Å². The van der Waals surface area contributed by atoms with Gasteiger partial charge in [0.2, 0.25) is 0 Å². The van der Waals surface area contributed by atoms with E-state index < -0.39 is 0 Å². The SMILES string of the molecule is C=CCNC(=NC)NCCCOC1CCCCC1.I. The summed E-state index contributed by atoms with van der Waals surface area (Å²) in [5.74, 6) is 0.826. The highest BCUT2D eigenvalue weighted by Crippen LogP contribution is 2.20. The van der Waals surface area contributed by atoms with Gasteiger partial charge in [-0.15, -0.1) is 30.6 Å². The van der Waals surface area contributed by atoms with Gasteiger partial charge in [0.05, 0.1) is 6.10 Å². The summed E-state index contributed by atoms with van der Waals surface area (Å²) < 4.78 is 5.86. The van der Waals surface area contributed by atoms with Gasteiger partial charge in [0.1, 0.15) is 0 Å². The molecule has 0 saturated heterocycles. The quantitative estimate of drug-likeness (QED) is 0.234. The van der Waals surface area contributed by atoms with Crippen LogP contribution in [-0.2, 0) is 4.74 Å². The molecule has 0 aromatic heterocycles. The van der Waals surface area contributed by atoms with Gasteiger partial charge in [0, 0.05) is 26.7 Å². The fourth-order valence-corrected chi connectivity index (χ4v) is 2.15. The smallest absolute Gasteiger partial charge is 0.191 e. The van der Waals surface area contributed by atoms with Crippen molar-refractivity contribution in [3.8, 4) is 0 Å². The minimum Gasteiger partial charge on any atom is -0.378 e. The number of halogens is 1. The molecule has 0 heterocycles. The lowest BCUT2D eigenvalue weighted by atomic mass is 9.98. The van der Waals surface area contributed by atoms with E-state index in [1.54, 1.807) is 7.05 Å². The maximum absolute atomic E-state index is 5.86. The Kier molecular flexibility index (Phi) is 12.5. The van der Waals surface area contributed by atoms with Crippen molar-refractivity contribution < 1.29 is 4.74 Å². The summed E-state index contributed by atoms with van der Waals surface area (Å²) in [5, 5.41) is 6.39. The van der Waals surface area contributed by atoms with Gasteiger partial charge in [0.25, 0.3) is 0 Å². The molecule has 1 fully saturated rings. The molecule has 0 aromatic rings. The van der Waals surface area contributed by atoms with Crippen LogP contribution in [0.1, 0.15) is 38.5 Å². The molecule has 4 nitrogen and oxygen atoms in total. The molecule has 0 unspecified atom stereocenters. The second-order valence-corrected chi connectivity index (χ2v) is 4.65. The first-order valence-electron chi connectivity index (χ1n) is 7.04. The predicted octanol–water partition coefficient (Wildman–Crippen LogP) is 2.69. The molecule has 0 aromatic carbocycles. The summed E-state index contributed by atoms with van der Waals surface area (Å²) >= 11 is 0. The number of nitrogens with zero attached hydrogens (tertiary/aromatic N) is 1. The summed E-state index contributed by atoms with van der Waals surface area (Å²) in [6.07, 6.45) is 9.89. The Bertz CT molecular complexity index is 253. The molecule has 0 radical (unpaired) electrons. The molecule has 0 bridgehead atoms. The van der Waals surface area contributed by atoms with E-state index in [-0.39, 0.29) is 24.0 Å². The van der Waals surface area contributed by atoms with Gasteiger partial charge >= 0.3 is 0 Å². The Morgan fingerprint density at radius 3 is 2.68 bits per heavy atom. The average Bonchev–Trinajstić information content (AvgIpc) is 2.43. The third kappa shape index (κ3) is 9.27. The lowest BCUT2D eigenvalue weighted by molar-refractivity contribution is 0.0277. The van der Waals surface area contributed by atoms with E-state index >= 15 is 0 Å². The normalized spacial score (nSPS) is 16.6. The van der Waals surface area contributed by atoms with E-state index in [4.69, 9.17) is 4.74 Å². The zero-order valence-electron chi connectivity index (χ0n) is 12.0. The molecule has 1 aliphatic rings. The minimum absolute atomic E-state index is 0. The molecule has 1 aliphatic carbocycles. The molecular weight excluding hydrogens is 353 g/mol. The minimum atomic E-state index is 0. The van der Waals surface area contributed by atoms with Crippen LogP contribution >= 0.6 is 24.0 Å². The third-order valence-corrected chi connectivity index (χ3v) is 3.16. The molecule has 0 amide bonds. The van der Waals surface area contributed by atoms with Gasteiger partial charge in [-0.3, -0.25) is 4.99 Å². The van der Waals surface area contributed by atoms with Gasteiger partial charge in [-0.25, -0.2) is 0 Å². The van der Waals surface area contributed by atoms with Gasteiger partial charge in [-0.1, -0.05) is 25.3 Å². The van der Waals surface area contributed by atoms with Crippen molar-refractivity contribution in [3.63, 3.8) is 0 Å². The topological polar surface area (TPSA) is 45.7 Å². The number of aliphatic imine (C=N–C) groups is 1. The number of hydrogen-bond donors (Lipinski definition) is 2. The monoisotopic (exact) mass is 381 g/mol. The van der Waals surface area contributed by atoms with Crippen molar-refractivity contribution >= 4 is 29.9 Å². The van der Waals surface area contributed by atoms with Crippen molar-refractivity contribution in [1.82, 2.24) is 10.6 Å². The van der Waals surface area contributed by atoms with Gasteiger partial charge in [-0.05, 0) is 19.3 Å². The standard InChI is InChI=1S/C14H27N3O.HI/c1-3-10-16-14(15-2)17-11-7-12-18-13-8-5-4-6-9-13;/h3,13H,1,4-12H2,2H3,(H2,15,16,17);1H. The maximum Gasteiger partial charge on any atom is 0.191 e. The van der Waals surface area contributed by atoms with Crippen molar-refractivity contribution in [2.24, 2.45) is 4.99 Å². The molecule has 1 saturated carbocycles. The van der Waals surface area contributed by atoms with Crippen LogP contribution in [0.4, 0.5) is 0 Å². The molecule has 2 N–H and O–H groups in total. The summed E-state index contributed by atoms with van der Waals surface area (Å²) in [6.45, 7) is 6.13. The number of guanidine groups is 1. The number of hydrogen-bond acceptors (Lipinski definition) is 2. The zero-order chi connectivity index (χ0) is 13.1. The molecule has 19 heavy (non-hydrogen) atoms. The molecule has 0 aliphatic heterocycles. The lowest BCUT2D eigenvalue weighted by Crippen LogP contribution is -2.38. The van der Waals surface area contributed by atoms with Crippen LogP contribution in [-0.4, -0.2) is 38.8 Å². The summed E-state index contributed by atoms with van der Waals surface area (Å²) in [5.41, 5.74) is 0. The molecule has 0 spiro atoms. The number of ether oxygens (including phenoxy) is 1. The van der Waals surface area contributed by atoms with Crippen LogP contribution < -0.4 is 10.6 Å². The lowest BCUT2D eigenvalue weighted by Gasteiger charge is -2.22. The Balaban J connectivity index is 0.00000324. The fraction of sp³-hybridized carbons (Fsp3) is 0.786. The highest BCUT2D eigenvalue weighted by molar-refractivity contribution is 14.0. The van der Waals surface area contributed by atoms with Crippen molar-refractivity contribution in [1.29, 1.82) is 0 Å². The van der Waals surface area contributed by atoms with Gasteiger partial charge < -0.3 is 15.4 Å². The Hall–Kier alpha value is -0.300. The molecule has 0 atom stereocenters. The van der Waals surface area contributed by atoms with Crippen molar-refractivity contribution in [2.45, 2.75) is 44.6 Å². The average molecular weight is 381 g/mol. The van der Waals surface area contributed by atoms with E-state index in [2.05, 4.69) is 22.2 Å². The highest BCUT2D eigenvalue weighted by atomic mass is 127. The second kappa shape index (κ2) is 12.7. The van der Waals surface area contributed by atoms with Gasteiger partial charge in [0.15, 0.2) is 5.96 Å². The largest absolute Gasteiger partial charge is 0.378 e. The van der Waals surface area contributed by atoms with Crippen molar-refractivity contribution in [2.75, 3.05) is 26.7 Å². The van der Waals surface area contributed by atoms with Crippen LogP contribution in [0.3, 0.4) is 0 Å². The van der Waals surface area contributed by atoms with Crippen molar-refractivity contribution in [3.05, 3.63) is 12.7 Å².